The van der Waals surface area contributed by atoms with E-state index in [1.165, 1.54) is 0 Å². The van der Waals surface area contributed by atoms with Crippen LogP contribution in [-0.4, -0.2) is 12.2 Å². The molecule has 2 aromatic rings. The smallest absolute Gasteiger partial charge is 0.128 e. The lowest BCUT2D eigenvalue weighted by molar-refractivity contribution is 0.281. The molecule has 2 N–H and O–H groups in total. The average Bonchev–Trinajstić information content (AvgIpc) is 2.43. The summed E-state index contributed by atoms with van der Waals surface area (Å²) in [5, 5.41) is 12.7. The molecule has 0 heterocycles. The maximum absolute atomic E-state index is 8.97. The van der Waals surface area contributed by atoms with Crippen LogP contribution >= 0.6 is 11.6 Å². The summed E-state index contributed by atoms with van der Waals surface area (Å²) >= 11 is 6.17. The number of nitrogens with one attached hydrogen (secondary N) is 1. The normalized spacial score (nSPS) is 10.5. The van der Waals surface area contributed by atoms with Gasteiger partial charge >= 0.3 is 0 Å². The minimum Gasteiger partial charge on any atom is -0.457 e. The summed E-state index contributed by atoms with van der Waals surface area (Å²) in [6, 6.07) is 12.9. The van der Waals surface area contributed by atoms with Crippen LogP contribution < -0.4 is 10.1 Å². The predicted molar refractivity (Wildman–Crippen MR) is 76.7 cm³/mol. The molecule has 100 valence electrons. The van der Waals surface area contributed by atoms with E-state index in [2.05, 4.69) is 5.32 Å². The number of aliphatic hydroxyl groups excluding tert-OH is 1. The van der Waals surface area contributed by atoms with Gasteiger partial charge in [-0.1, -0.05) is 29.8 Å². The molecule has 0 aromatic heterocycles. The van der Waals surface area contributed by atoms with Gasteiger partial charge in [0.25, 0.3) is 0 Å². The van der Waals surface area contributed by atoms with Crippen LogP contribution in [0, 0.1) is 0 Å². The van der Waals surface area contributed by atoms with Crippen LogP contribution in [0.5, 0.6) is 11.5 Å². The summed E-state index contributed by atoms with van der Waals surface area (Å²) in [4.78, 5) is 0. The second-order valence-corrected chi connectivity index (χ2v) is 4.59. The Morgan fingerprint density at radius 1 is 1.11 bits per heavy atom. The van der Waals surface area contributed by atoms with E-state index in [0.29, 0.717) is 10.8 Å². The first-order chi connectivity index (χ1) is 9.22. The van der Waals surface area contributed by atoms with Crippen LogP contribution in [-0.2, 0) is 13.2 Å². The molecule has 0 aliphatic carbocycles. The summed E-state index contributed by atoms with van der Waals surface area (Å²) in [5.74, 6) is 1.41. The van der Waals surface area contributed by atoms with Crippen molar-refractivity contribution >= 4 is 11.6 Å². The lowest BCUT2D eigenvalue weighted by Crippen LogP contribution is -2.05. The largest absolute Gasteiger partial charge is 0.457 e. The monoisotopic (exact) mass is 277 g/mol. The van der Waals surface area contributed by atoms with E-state index in [9.17, 15) is 0 Å². The van der Waals surface area contributed by atoms with E-state index in [-0.39, 0.29) is 6.61 Å². The molecular formula is C15H16ClNO2. The van der Waals surface area contributed by atoms with Crippen molar-refractivity contribution < 1.29 is 9.84 Å². The van der Waals surface area contributed by atoms with Crippen LogP contribution in [0.1, 0.15) is 11.1 Å². The first-order valence-electron chi connectivity index (χ1n) is 6.03. The third-order valence-electron chi connectivity index (χ3n) is 2.73. The highest BCUT2D eigenvalue weighted by Gasteiger charge is 2.03. The Morgan fingerprint density at radius 3 is 2.37 bits per heavy atom. The Bertz CT molecular complexity index is 540. The van der Waals surface area contributed by atoms with Crippen molar-refractivity contribution in [3.63, 3.8) is 0 Å². The fourth-order valence-electron chi connectivity index (χ4n) is 1.72. The standard InChI is InChI=1S/C15H16ClNO2/c1-17-9-12-4-7-14(8-15(12)16)19-13-5-2-11(10-18)3-6-13/h2-8,17-18H,9-10H2,1H3. The number of rotatable bonds is 5. The summed E-state index contributed by atoms with van der Waals surface area (Å²) in [6.45, 7) is 0.759. The van der Waals surface area contributed by atoms with Crippen molar-refractivity contribution in [2.45, 2.75) is 13.2 Å². The molecule has 0 saturated carbocycles. The molecule has 3 nitrogen and oxygen atoms in total. The predicted octanol–water partition coefficient (Wildman–Crippen LogP) is 3.34. The first kappa shape index (κ1) is 13.9. The Kier molecular flexibility index (Phi) is 4.80. The zero-order chi connectivity index (χ0) is 13.7. The third-order valence-corrected chi connectivity index (χ3v) is 3.09. The van der Waals surface area contributed by atoms with E-state index < -0.39 is 0 Å². The Morgan fingerprint density at radius 2 is 1.79 bits per heavy atom. The molecule has 0 amide bonds. The Labute approximate surface area is 117 Å². The molecule has 0 aliphatic rings. The molecule has 0 bridgehead atoms. The maximum atomic E-state index is 8.97. The zero-order valence-corrected chi connectivity index (χ0v) is 11.4. The SMILES string of the molecule is CNCc1ccc(Oc2ccc(CO)cc2)cc1Cl. The molecular weight excluding hydrogens is 262 g/mol. The van der Waals surface area contributed by atoms with E-state index in [4.69, 9.17) is 21.4 Å². The van der Waals surface area contributed by atoms with Gasteiger partial charge in [0.15, 0.2) is 0 Å². The van der Waals surface area contributed by atoms with Gasteiger partial charge in [0.05, 0.1) is 6.61 Å². The zero-order valence-electron chi connectivity index (χ0n) is 10.7. The molecule has 0 fully saturated rings. The van der Waals surface area contributed by atoms with Gasteiger partial charge in [0, 0.05) is 11.6 Å². The first-order valence-corrected chi connectivity index (χ1v) is 6.41. The van der Waals surface area contributed by atoms with Gasteiger partial charge in [0.2, 0.25) is 0 Å². The molecule has 0 aliphatic heterocycles. The van der Waals surface area contributed by atoms with Crippen molar-refractivity contribution in [1.29, 1.82) is 0 Å². The summed E-state index contributed by atoms with van der Waals surface area (Å²) in [5.41, 5.74) is 1.89. The molecule has 0 unspecified atom stereocenters. The van der Waals surface area contributed by atoms with Gasteiger partial charge in [0.1, 0.15) is 11.5 Å². The van der Waals surface area contributed by atoms with E-state index in [1.54, 1.807) is 6.07 Å². The number of halogens is 1. The van der Waals surface area contributed by atoms with Gasteiger partial charge in [-0.05, 0) is 42.4 Å². The molecule has 0 saturated heterocycles. The molecule has 0 atom stereocenters. The minimum atomic E-state index is 0.0326. The fourth-order valence-corrected chi connectivity index (χ4v) is 1.96. The lowest BCUT2D eigenvalue weighted by Gasteiger charge is -2.09. The highest BCUT2D eigenvalue weighted by molar-refractivity contribution is 6.31. The second kappa shape index (κ2) is 6.57. The second-order valence-electron chi connectivity index (χ2n) is 4.19. The highest BCUT2D eigenvalue weighted by atomic mass is 35.5. The van der Waals surface area contributed by atoms with Crippen LogP contribution in [0.4, 0.5) is 0 Å². The van der Waals surface area contributed by atoms with Crippen LogP contribution in [0.2, 0.25) is 5.02 Å². The van der Waals surface area contributed by atoms with Gasteiger partial charge in [-0.15, -0.1) is 0 Å². The molecule has 2 aromatic carbocycles. The lowest BCUT2D eigenvalue weighted by atomic mass is 10.2. The Balaban J connectivity index is 2.11. The number of hydrogen-bond acceptors (Lipinski definition) is 3. The van der Waals surface area contributed by atoms with Crippen LogP contribution in [0.25, 0.3) is 0 Å². The average molecular weight is 278 g/mol. The minimum absolute atomic E-state index is 0.0326. The van der Waals surface area contributed by atoms with Crippen molar-refractivity contribution in [2.24, 2.45) is 0 Å². The Hall–Kier alpha value is -1.55. The molecule has 0 spiro atoms. The van der Waals surface area contributed by atoms with E-state index >= 15 is 0 Å². The number of ether oxygens (including phenoxy) is 1. The molecule has 4 heteroatoms. The van der Waals surface area contributed by atoms with Crippen LogP contribution in [0.3, 0.4) is 0 Å². The topological polar surface area (TPSA) is 41.5 Å². The number of aliphatic hydroxyl groups is 1. The van der Waals surface area contributed by atoms with Crippen molar-refractivity contribution in [1.82, 2.24) is 5.32 Å². The number of benzene rings is 2. The summed E-state index contributed by atoms with van der Waals surface area (Å²) < 4.78 is 5.71. The summed E-state index contributed by atoms with van der Waals surface area (Å²) in [6.07, 6.45) is 0. The van der Waals surface area contributed by atoms with Gasteiger partial charge < -0.3 is 15.2 Å². The highest BCUT2D eigenvalue weighted by Crippen LogP contribution is 2.27. The van der Waals surface area contributed by atoms with Gasteiger partial charge in [-0.3, -0.25) is 0 Å². The van der Waals surface area contributed by atoms with E-state index in [0.717, 1.165) is 23.4 Å². The van der Waals surface area contributed by atoms with Gasteiger partial charge in [-0.2, -0.15) is 0 Å². The van der Waals surface area contributed by atoms with Crippen LogP contribution in [0.15, 0.2) is 42.5 Å². The third kappa shape index (κ3) is 3.70. The van der Waals surface area contributed by atoms with Crippen molar-refractivity contribution in [2.75, 3.05) is 7.05 Å². The van der Waals surface area contributed by atoms with Crippen molar-refractivity contribution in [3.8, 4) is 11.5 Å². The maximum Gasteiger partial charge on any atom is 0.128 e. The van der Waals surface area contributed by atoms with Crippen molar-refractivity contribution in [3.05, 3.63) is 58.6 Å². The summed E-state index contributed by atoms with van der Waals surface area (Å²) in [7, 11) is 1.88. The van der Waals surface area contributed by atoms with E-state index in [1.807, 2.05) is 43.4 Å². The molecule has 19 heavy (non-hydrogen) atoms. The molecule has 2 rings (SSSR count). The van der Waals surface area contributed by atoms with Gasteiger partial charge in [-0.25, -0.2) is 0 Å². The molecule has 0 radical (unpaired) electrons. The number of hydrogen-bond donors (Lipinski definition) is 2. The quantitative estimate of drug-likeness (QED) is 0.881. The fraction of sp³-hybridized carbons (Fsp3) is 0.200.